The summed E-state index contributed by atoms with van der Waals surface area (Å²) < 4.78 is 24.7. The Morgan fingerprint density at radius 1 is 1.41 bits per heavy atom. The van der Waals surface area contributed by atoms with Crippen molar-refractivity contribution in [2.24, 2.45) is 0 Å². The van der Waals surface area contributed by atoms with E-state index in [9.17, 15) is 9.18 Å². The van der Waals surface area contributed by atoms with Gasteiger partial charge in [-0.1, -0.05) is 12.1 Å². The normalized spacial score (nSPS) is 24.8. The standard InChI is InChI=1S/C21H26FN3O3S/c1-27-18-13-25(9-8-21(18)7-2-10-28-21)14-19(26)24-20-23-12-17(29-20)11-15-3-5-16(22)6-4-15/h3-6,12,18H,2,7-11,13-14H2,1H3,(H,23,24,26)/t18-,21+/m1/s1. The number of halogens is 1. The molecule has 0 aliphatic carbocycles. The molecule has 1 spiro atoms. The van der Waals surface area contributed by atoms with Crippen LogP contribution in [0.4, 0.5) is 9.52 Å². The first-order valence-electron chi connectivity index (χ1n) is 9.94. The molecule has 6 nitrogen and oxygen atoms in total. The number of hydrogen-bond donors (Lipinski definition) is 1. The summed E-state index contributed by atoms with van der Waals surface area (Å²) >= 11 is 1.44. The molecule has 1 amide bonds. The largest absolute Gasteiger partial charge is 0.377 e. The molecule has 2 atom stereocenters. The van der Waals surface area contributed by atoms with Crippen molar-refractivity contribution in [3.63, 3.8) is 0 Å². The molecule has 3 heterocycles. The number of nitrogens with one attached hydrogen (secondary N) is 1. The molecular formula is C21H26FN3O3S. The quantitative estimate of drug-likeness (QED) is 0.780. The van der Waals surface area contributed by atoms with Crippen LogP contribution < -0.4 is 5.32 Å². The lowest BCUT2D eigenvalue weighted by molar-refractivity contribution is -0.145. The number of amides is 1. The second-order valence-corrected chi connectivity index (χ2v) is 8.82. The van der Waals surface area contributed by atoms with Crippen molar-refractivity contribution in [3.8, 4) is 0 Å². The lowest BCUT2D eigenvalue weighted by atomic mass is 9.86. The molecular weight excluding hydrogens is 393 g/mol. The fraction of sp³-hybridized carbons (Fsp3) is 0.524. The van der Waals surface area contributed by atoms with Crippen molar-refractivity contribution in [1.82, 2.24) is 9.88 Å². The van der Waals surface area contributed by atoms with E-state index in [4.69, 9.17) is 9.47 Å². The maximum atomic E-state index is 13.0. The van der Waals surface area contributed by atoms with Gasteiger partial charge in [-0.05, 0) is 37.0 Å². The smallest absolute Gasteiger partial charge is 0.240 e. The summed E-state index contributed by atoms with van der Waals surface area (Å²) in [6, 6.07) is 6.42. The summed E-state index contributed by atoms with van der Waals surface area (Å²) in [5.74, 6) is -0.323. The monoisotopic (exact) mass is 419 g/mol. The van der Waals surface area contributed by atoms with Gasteiger partial charge in [-0.15, -0.1) is 11.3 Å². The van der Waals surface area contributed by atoms with Crippen LogP contribution in [0.5, 0.6) is 0 Å². The Morgan fingerprint density at radius 2 is 2.24 bits per heavy atom. The highest BCUT2D eigenvalue weighted by Gasteiger charge is 2.46. The number of rotatable bonds is 6. The zero-order chi connectivity index (χ0) is 20.3. The molecule has 8 heteroatoms. The van der Waals surface area contributed by atoms with Crippen molar-refractivity contribution in [2.45, 2.75) is 37.4 Å². The van der Waals surface area contributed by atoms with Gasteiger partial charge in [0.25, 0.3) is 0 Å². The third kappa shape index (κ3) is 4.83. The van der Waals surface area contributed by atoms with Crippen LogP contribution in [0.1, 0.15) is 29.7 Å². The molecule has 2 aliphatic rings. The molecule has 0 saturated carbocycles. The van der Waals surface area contributed by atoms with Gasteiger partial charge in [0.15, 0.2) is 5.13 Å². The number of benzene rings is 1. The van der Waals surface area contributed by atoms with E-state index in [1.165, 1.54) is 23.5 Å². The number of piperidine rings is 1. The van der Waals surface area contributed by atoms with E-state index in [0.29, 0.717) is 24.6 Å². The van der Waals surface area contributed by atoms with E-state index < -0.39 is 0 Å². The maximum Gasteiger partial charge on any atom is 0.240 e. The van der Waals surface area contributed by atoms with Gasteiger partial charge >= 0.3 is 0 Å². The zero-order valence-electron chi connectivity index (χ0n) is 16.5. The number of aromatic nitrogens is 1. The van der Waals surface area contributed by atoms with E-state index in [2.05, 4.69) is 15.2 Å². The van der Waals surface area contributed by atoms with Gasteiger partial charge in [-0.3, -0.25) is 9.69 Å². The number of carbonyl (C=O) groups excluding carboxylic acids is 1. The number of hydrogen-bond acceptors (Lipinski definition) is 6. The molecule has 2 saturated heterocycles. The van der Waals surface area contributed by atoms with E-state index >= 15 is 0 Å². The van der Waals surface area contributed by atoms with Gasteiger partial charge in [-0.2, -0.15) is 0 Å². The number of anilines is 1. The van der Waals surface area contributed by atoms with Crippen LogP contribution in [0.15, 0.2) is 30.5 Å². The second-order valence-electron chi connectivity index (χ2n) is 7.71. The van der Waals surface area contributed by atoms with Crippen molar-refractivity contribution in [1.29, 1.82) is 0 Å². The Bertz CT molecular complexity index is 836. The third-order valence-electron chi connectivity index (χ3n) is 5.74. The Morgan fingerprint density at radius 3 is 2.97 bits per heavy atom. The van der Waals surface area contributed by atoms with E-state index in [1.807, 2.05) is 0 Å². The van der Waals surface area contributed by atoms with Crippen molar-refractivity contribution in [3.05, 3.63) is 46.7 Å². The molecule has 29 heavy (non-hydrogen) atoms. The van der Waals surface area contributed by atoms with Crippen LogP contribution in [0.25, 0.3) is 0 Å². The molecule has 1 aromatic carbocycles. The molecule has 2 fully saturated rings. The van der Waals surface area contributed by atoms with Gasteiger partial charge in [0.05, 0.1) is 18.2 Å². The molecule has 0 bridgehead atoms. The van der Waals surface area contributed by atoms with Gasteiger partial charge in [0, 0.05) is 44.3 Å². The number of thiazole rings is 1. The molecule has 4 rings (SSSR count). The highest BCUT2D eigenvalue weighted by molar-refractivity contribution is 7.15. The Balaban J connectivity index is 1.29. The SMILES string of the molecule is CO[C@@H]1CN(CC(=O)Nc2ncc(Cc3ccc(F)cc3)s2)CC[C@@]12CCCO2. The summed E-state index contributed by atoms with van der Waals surface area (Å²) in [5.41, 5.74) is 0.835. The summed E-state index contributed by atoms with van der Waals surface area (Å²) in [7, 11) is 1.72. The van der Waals surface area contributed by atoms with E-state index in [-0.39, 0.29) is 23.4 Å². The minimum atomic E-state index is -0.246. The van der Waals surface area contributed by atoms with Gasteiger partial charge < -0.3 is 14.8 Å². The maximum absolute atomic E-state index is 13.0. The molecule has 2 aromatic rings. The first-order valence-corrected chi connectivity index (χ1v) is 10.8. The van der Waals surface area contributed by atoms with Gasteiger partial charge in [0.2, 0.25) is 5.91 Å². The number of methoxy groups -OCH3 is 1. The van der Waals surface area contributed by atoms with Crippen LogP contribution in [0, 0.1) is 5.82 Å². The fourth-order valence-electron chi connectivity index (χ4n) is 4.22. The summed E-state index contributed by atoms with van der Waals surface area (Å²) in [6.07, 6.45) is 5.41. The predicted molar refractivity (Wildman–Crippen MR) is 110 cm³/mol. The van der Waals surface area contributed by atoms with Crippen molar-refractivity contribution < 1.29 is 18.7 Å². The van der Waals surface area contributed by atoms with Crippen molar-refractivity contribution >= 4 is 22.4 Å². The first kappa shape index (κ1) is 20.4. The molecule has 156 valence electrons. The van der Waals surface area contributed by atoms with E-state index in [1.54, 1.807) is 25.4 Å². The van der Waals surface area contributed by atoms with Gasteiger partial charge in [-0.25, -0.2) is 9.37 Å². The van der Waals surface area contributed by atoms with Crippen LogP contribution in [0.2, 0.25) is 0 Å². The minimum absolute atomic E-state index is 0.00581. The topological polar surface area (TPSA) is 63.7 Å². The molecule has 0 unspecified atom stereocenters. The molecule has 1 aromatic heterocycles. The van der Waals surface area contributed by atoms with Crippen molar-refractivity contribution in [2.75, 3.05) is 38.7 Å². The average Bonchev–Trinajstić information content (AvgIpc) is 3.35. The molecule has 2 aliphatic heterocycles. The Kier molecular flexibility index (Phi) is 6.24. The van der Waals surface area contributed by atoms with Crippen LogP contribution in [0.3, 0.4) is 0 Å². The molecule has 0 radical (unpaired) electrons. The molecule has 1 N–H and O–H groups in total. The fourth-order valence-corrected chi connectivity index (χ4v) is 5.08. The van der Waals surface area contributed by atoms with E-state index in [0.717, 1.165) is 42.9 Å². The van der Waals surface area contributed by atoms with Crippen LogP contribution in [-0.2, 0) is 20.7 Å². The van der Waals surface area contributed by atoms with Crippen LogP contribution >= 0.6 is 11.3 Å². The van der Waals surface area contributed by atoms with Gasteiger partial charge in [0.1, 0.15) is 5.82 Å². The number of likely N-dealkylation sites (tertiary alicyclic amines) is 1. The number of carbonyl (C=O) groups is 1. The highest BCUT2D eigenvalue weighted by atomic mass is 32.1. The number of ether oxygens (including phenoxy) is 2. The Labute approximate surface area is 174 Å². The minimum Gasteiger partial charge on any atom is -0.377 e. The summed E-state index contributed by atoms with van der Waals surface area (Å²) in [6.45, 7) is 2.62. The average molecular weight is 420 g/mol. The number of nitrogens with zero attached hydrogens (tertiary/aromatic N) is 2. The zero-order valence-corrected chi connectivity index (χ0v) is 17.3. The summed E-state index contributed by atoms with van der Waals surface area (Å²) in [4.78, 5) is 19.9. The summed E-state index contributed by atoms with van der Waals surface area (Å²) in [5, 5.41) is 3.48. The highest BCUT2D eigenvalue weighted by Crippen LogP contribution is 2.37. The lowest BCUT2D eigenvalue weighted by Crippen LogP contribution is -2.57. The first-order chi connectivity index (χ1) is 14.1. The van der Waals surface area contributed by atoms with Crippen LogP contribution in [-0.4, -0.2) is 60.8 Å². The Hall–Kier alpha value is -1.87. The third-order valence-corrected chi connectivity index (χ3v) is 6.65. The lowest BCUT2D eigenvalue weighted by Gasteiger charge is -2.44. The predicted octanol–water partition coefficient (Wildman–Crippen LogP) is 3.08. The second kappa shape index (κ2) is 8.87.